The molecule has 0 unspecified atom stereocenters. The van der Waals surface area contributed by atoms with Crippen LogP contribution in [0.3, 0.4) is 0 Å². The van der Waals surface area contributed by atoms with Crippen molar-refractivity contribution in [2.45, 2.75) is 13.8 Å². The minimum atomic E-state index is -0.273. The minimum Gasteiger partial charge on any atom is -0.457 e. The van der Waals surface area contributed by atoms with Crippen LogP contribution in [0, 0.1) is 13.8 Å². The lowest BCUT2D eigenvalue weighted by molar-refractivity contribution is 0.0958. The van der Waals surface area contributed by atoms with Gasteiger partial charge in [0, 0.05) is 32.4 Å². The molecule has 148 valence electrons. The average Bonchev–Trinajstić information content (AvgIpc) is 3.21. The molecule has 9 nitrogen and oxygen atoms in total. The molecule has 0 radical (unpaired) electrons. The topological polar surface area (TPSA) is 107 Å². The number of rotatable bonds is 5. The number of carbonyl (C=O) groups is 1. The number of imidazole rings is 1. The third-order valence-corrected chi connectivity index (χ3v) is 4.55. The van der Waals surface area contributed by atoms with Gasteiger partial charge < -0.3 is 24.5 Å². The molecule has 29 heavy (non-hydrogen) atoms. The maximum absolute atomic E-state index is 11.8. The Balaban J connectivity index is 1.62. The zero-order valence-electron chi connectivity index (χ0n) is 16.5. The molecule has 3 aromatic heterocycles. The molecule has 0 spiro atoms. The van der Waals surface area contributed by atoms with Gasteiger partial charge in [-0.25, -0.2) is 4.98 Å². The lowest BCUT2D eigenvalue weighted by atomic mass is 10.3. The van der Waals surface area contributed by atoms with Gasteiger partial charge >= 0.3 is 0 Å². The number of nitrogens with zero attached hydrogens (tertiary/aromatic N) is 4. The fraction of sp³-hybridized carbons (Fsp3) is 0.200. The van der Waals surface area contributed by atoms with Gasteiger partial charge in [0.2, 0.25) is 5.95 Å². The van der Waals surface area contributed by atoms with Gasteiger partial charge in [0.05, 0.1) is 11.0 Å². The van der Waals surface area contributed by atoms with Crippen molar-refractivity contribution in [1.82, 2.24) is 25.0 Å². The number of aromatic nitrogens is 4. The quantitative estimate of drug-likeness (QED) is 0.535. The molecule has 0 fully saturated rings. The first kappa shape index (κ1) is 18.5. The molecule has 0 bridgehead atoms. The number of amides is 1. The van der Waals surface area contributed by atoms with E-state index in [0.717, 1.165) is 22.4 Å². The number of anilines is 2. The summed E-state index contributed by atoms with van der Waals surface area (Å²) in [6, 6.07) is 8.90. The Bertz CT molecular complexity index is 1190. The molecule has 9 heteroatoms. The Morgan fingerprint density at radius 2 is 1.97 bits per heavy atom. The number of pyridine rings is 1. The Morgan fingerprint density at radius 1 is 1.17 bits per heavy atom. The maximum Gasteiger partial charge on any atom is 0.269 e. The summed E-state index contributed by atoms with van der Waals surface area (Å²) in [6.07, 6.45) is 1.53. The van der Waals surface area contributed by atoms with Gasteiger partial charge in [-0.1, -0.05) is 5.16 Å². The van der Waals surface area contributed by atoms with Gasteiger partial charge in [0.1, 0.15) is 28.6 Å². The second-order valence-corrected chi connectivity index (χ2v) is 6.53. The average molecular weight is 392 g/mol. The number of ether oxygens (including phenoxy) is 1. The zero-order valence-corrected chi connectivity index (χ0v) is 16.5. The molecule has 0 aliphatic rings. The molecule has 4 aromatic rings. The summed E-state index contributed by atoms with van der Waals surface area (Å²) < 4.78 is 13.0. The van der Waals surface area contributed by atoms with Gasteiger partial charge in [-0.3, -0.25) is 9.78 Å². The predicted octanol–water partition coefficient (Wildman–Crippen LogP) is 3.47. The first-order valence-electron chi connectivity index (χ1n) is 8.98. The van der Waals surface area contributed by atoms with E-state index in [0.29, 0.717) is 23.2 Å². The second-order valence-electron chi connectivity index (χ2n) is 6.53. The van der Waals surface area contributed by atoms with E-state index >= 15 is 0 Å². The van der Waals surface area contributed by atoms with Crippen molar-refractivity contribution >= 4 is 28.6 Å². The first-order chi connectivity index (χ1) is 14.0. The summed E-state index contributed by atoms with van der Waals surface area (Å²) in [5.74, 6) is 2.21. The van der Waals surface area contributed by atoms with Crippen LogP contribution in [0.1, 0.15) is 21.9 Å². The van der Waals surface area contributed by atoms with E-state index in [9.17, 15) is 4.79 Å². The van der Waals surface area contributed by atoms with Gasteiger partial charge in [-0.2, -0.15) is 0 Å². The summed E-state index contributed by atoms with van der Waals surface area (Å²) in [4.78, 5) is 20.4. The predicted molar refractivity (Wildman–Crippen MR) is 108 cm³/mol. The molecular formula is C20H20N6O3. The second kappa shape index (κ2) is 7.27. The van der Waals surface area contributed by atoms with Crippen molar-refractivity contribution in [1.29, 1.82) is 0 Å². The van der Waals surface area contributed by atoms with Crippen LogP contribution in [-0.2, 0) is 7.05 Å². The first-order valence-corrected chi connectivity index (χ1v) is 8.98. The molecule has 0 atom stereocenters. The number of fused-ring (bicyclic) bond motifs is 1. The number of nitrogens with one attached hydrogen (secondary N) is 2. The van der Waals surface area contributed by atoms with Crippen LogP contribution in [0.5, 0.6) is 11.5 Å². The minimum absolute atomic E-state index is 0.273. The Hall–Kier alpha value is -3.88. The molecule has 0 saturated carbocycles. The van der Waals surface area contributed by atoms with Crippen LogP contribution in [-0.4, -0.2) is 32.6 Å². The van der Waals surface area contributed by atoms with Crippen molar-refractivity contribution in [3.63, 3.8) is 0 Å². The van der Waals surface area contributed by atoms with Gasteiger partial charge in [-0.05, 0) is 32.0 Å². The third kappa shape index (κ3) is 3.49. The highest BCUT2D eigenvalue weighted by atomic mass is 16.5. The van der Waals surface area contributed by atoms with Gasteiger partial charge in [-0.15, -0.1) is 0 Å². The fourth-order valence-corrected chi connectivity index (χ4v) is 2.99. The lowest BCUT2D eigenvalue weighted by Gasteiger charge is -2.07. The van der Waals surface area contributed by atoms with Crippen LogP contribution in [0.25, 0.3) is 11.0 Å². The molecule has 1 amide bonds. The lowest BCUT2D eigenvalue weighted by Crippen LogP contribution is -2.18. The highest BCUT2D eigenvalue weighted by Crippen LogP contribution is 2.29. The molecule has 2 N–H and O–H groups in total. The Kier molecular flexibility index (Phi) is 4.63. The largest absolute Gasteiger partial charge is 0.457 e. The summed E-state index contributed by atoms with van der Waals surface area (Å²) in [6.45, 7) is 3.72. The van der Waals surface area contributed by atoms with Crippen molar-refractivity contribution in [3.05, 3.63) is 53.7 Å². The van der Waals surface area contributed by atoms with Crippen molar-refractivity contribution in [2.75, 3.05) is 12.4 Å². The Labute approximate surface area is 166 Å². The summed E-state index contributed by atoms with van der Waals surface area (Å²) >= 11 is 0. The maximum atomic E-state index is 11.8. The van der Waals surface area contributed by atoms with E-state index in [1.165, 1.54) is 6.20 Å². The fourth-order valence-electron chi connectivity index (χ4n) is 2.99. The van der Waals surface area contributed by atoms with Crippen LogP contribution < -0.4 is 15.4 Å². The van der Waals surface area contributed by atoms with Gasteiger partial charge in [0.25, 0.3) is 5.91 Å². The number of hydrogen-bond acceptors (Lipinski definition) is 7. The van der Waals surface area contributed by atoms with E-state index in [1.807, 2.05) is 43.7 Å². The summed E-state index contributed by atoms with van der Waals surface area (Å²) in [5, 5.41) is 9.77. The molecular weight excluding hydrogens is 372 g/mol. The summed E-state index contributed by atoms with van der Waals surface area (Å²) in [7, 11) is 3.48. The SMILES string of the molecule is CNC(=O)c1cc(Oc2ccc3c(c2)nc(Nc2c(C)noc2C)n3C)ccn1. The molecule has 3 heterocycles. The van der Waals surface area contributed by atoms with Crippen LogP contribution in [0.4, 0.5) is 11.6 Å². The van der Waals surface area contributed by atoms with E-state index < -0.39 is 0 Å². The number of hydrogen-bond donors (Lipinski definition) is 2. The number of aryl methyl sites for hydroxylation is 3. The van der Waals surface area contributed by atoms with Crippen LogP contribution in [0.2, 0.25) is 0 Å². The van der Waals surface area contributed by atoms with Crippen molar-refractivity contribution in [3.8, 4) is 11.5 Å². The molecule has 0 aliphatic heterocycles. The standard InChI is InChI=1S/C20H20N6O3/c1-11-18(12(2)29-25-11)24-20-23-15-9-13(5-6-17(15)26(20)4)28-14-7-8-22-16(10-14)19(27)21-3/h5-10H,1-4H3,(H,21,27)(H,23,24). The zero-order chi connectivity index (χ0) is 20.5. The van der Waals surface area contributed by atoms with Gasteiger partial charge in [0.15, 0.2) is 5.76 Å². The molecule has 0 aliphatic carbocycles. The summed E-state index contributed by atoms with van der Waals surface area (Å²) in [5.41, 5.74) is 3.56. The van der Waals surface area contributed by atoms with Crippen LogP contribution in [0.15, 0.2) is 41.1 Å². The van der Waals surface area contributed by atoms with E-state index in [1.54, 1.807) is 19.2 Å². The molecule has 1 aromatic carbocycles. The Morgan fingerprint density at radius 3 is 2.69 bits per heavy atom. The highest BCUT2D eigenvalue weighted by Gasteiger charge is 2.14. The number of carbonyl (C=O) groups excluding carboxylic acids is 1. The number of benzene rings is 1. The van der Waals surface area contributed by atoms with Crippen molar-refractivity contribution < 1.29 is 14.1 Å². The molecule has 0 saturated heterocycles. The monoisotopic (exact) mass is 392 g/mol. The normalized spacial score (nSPS) is 10.9. The molecule has 4 rings (SSSR count). The smallest absolute Gasteiger partial charge is 0.269 e. The highest BCUT2D eigenvalue weighted by molar-refractivity contribution is 5.92. The van der Waals surface area contributed by atoms with E-state index in [2.05, 4.69) is 25.8 Å². The van der Waals surface area contributed by atoms with Crippen molar-refractivity contribution in [2.24, 2.45) is 7.05 Å². The van der Waals surface area contributed by atoms with E-state index in [4.69, 9.17) is 9.26 Å². The van der Waals surface area contributed by atoms with Crippen LogP contribution >= 0.6 is 0 Å². The third-order valence-electron chi connectivity index (χ3n) is 4.55. The van der Waals surface area contributed by atoms with E-state index in [-0.39, 0.29) is 11.6 Å².